The van der Waals surface area contributed by atoms with Gasteiger partial charge in [-0.25, -0.2) is 4.98 Å². The molecule has 0 saturated heterocycles. The van der Waals surface area contributed by atoms with Gasteiger partial charge in [0.25, 0.3) is 0 Å². The van der Waals surface area contributed by atoms with Crippen LogP contribution in [0.2, 0.25) is 0 Å². The summed E-state index contributed by atoms with van der Waals surface area (Å²) in [6.45, 7) is 5.49. The predicted molar refractivity (Wildman–Crippen MR) is 70.4 cm³/mol. The summed E-state index contributed by atoms with van der Waals surface area (Å²) in [6.07, 6.45) is 6.80. The molecule has 1 atom stereocenters. The Morgan fingerprint density at radius 2 is 2.19 bits per heavy atom. The minimum atomic E-state index is 0.712. The van der Waals surface area contributed by atoms with Crippen LogP contribution < -0.4 is 11.1 Å². The lowest BCUT2D eigenvalue weighted by Gasteiger charge is -2.15. The zero-order chi connectivity index (χ0) is 11.8. The number of nitrogens with zero attached hydrogens (tertiary/aromatic N) is 1. The Bertz CT molecular complexity index is 282. The maximum absolute atomic E-state index is 5.58. The van der Waals surface area contributed by atoms with Crippen molar-refractivity contribution in [3.8, 4) is 0 Å². The molecule has 90 valence electrons. The first-order valence-electron chi connectivity index (χ1n) is 6.21. The smallest absolute Gasteiger partial charge is 0.126 e. The lowest BCUT2D eigenvalue weighted by atomic mass is 9.99. The van der Waals surface area contributed by atoms with Gasteiger partial charge in [0.2, 0.25) is 0 Å². The van der Waals surface area contributed by atoms with E-state index in [2.05, 4.69) is 24.1 Å². The second kappa shape index (κ2) is 7.09. The van der Waals surface area contributed by atoms with Gasteiger partial charge in [0.05, 0.1) is 11.9 Å². The molecule has 1 unspecified atom stereocenters. The highest BCUT2D eigenvalue weighted by atomic mass is 15.0. The second-order valence-electron chi connectivity index (χ2n) is 4.27. The van der Waals surface area contributed by atoms with Crippen LogP contribution in [0.15, 0.2) is 18.3 Å². The van der Waals surface area contributed by atoms with Gasteiger partial charge < -0.3 is 11.1 Å². The lowest BCUT2D eigenvalue weighted by Crippen LogP contribution is -2.14. The third kappa shape index (κ3) is 4.51. The Balaban J connectivity index is 2.34. The summed E-state index contributed by atoms with van der Waals surface area (Å²) < 4.78 is 0. The van der Waals surface area contributed by atoms with E-state index in [0.717, 1.165) is 18.3 Å². The van der Waals surface area contributed by atoms with Crippen LogP contribution in [-0.4, -0.2) is 11.5 Å². The van der Waals surface area contributed by atoms with E-state index >= 15 is 0 Å². The van der Waals surface area contributed by atoms with E-state index in [4.69, 9.17) is 5.73 Å². The molecular formula is C13H23N3. The SMILES string of the molecule is CCCCC(CC)CNc1ccc(N)cn1. The normalized spacial score (nSPS) is 12.4. The van der Waals surface area contributed by atoms with Crippen LogP contribution in [-0.2, 0) is 0 Å². The summed E-state index contributed by atoms with van der Waals surface area (Å²) in [5.74, 6) is 1.67. The maximum Gasteiger partial charge on any atom is 0.126 e. The van der Waals surface area contributed by atoms with E-state index in [1.807, 2.05) is 12.1 Å². The summed E-state index contributed by atoms with van der Waals surface area (Å²) in [6, 6.07) is 3.81. The summed E-state index contributed by atoms with van der Waals surface area (Å²) in [5, 5.41) is 3.37. The number of unbranched alkanes of at least 4 members (excludes halogenated alkanes) is 1. The minimum absolute atomic E-state index is 0.712. The van der Waals surface area contributed by atoms with Crippen LogP contribution in [0, 0.1) is 5.92 Å². The number of aromatic nitrogens is 1. The van der Waals surface area contributed by atoms with Crippen molar-refractivity contribution in [2.75, 3.05) is 17.6 Å². The zero-order valence-electron chi connectivity index (χ0n) is 10.4. The number of hydrogen-bond acceptors (Lipinski definition) is 3. The summed E-state index contributed by atoms with van der Waals surface area (Å²) in [5.41, 5.74) is 6.30. The highest BCUT2D eigenvalue weighted by Crippen LogP contribution is 2.14. The van der Waals surface area contributed by atoms with Crippen LogP contribution in [0.25, 0.3) is 0 Å². The van der Waals surface area contributed by atoms with E-state index in [1.54, 1.807) is 6.20 Å². The molecule has 3 N–H and O–H groups in total. The fourth-order valence-electron chi connectivity index (χ4n) is 1.70. The Morgan fingerprint density at radius 1 is 1.38 bits per heavy atom. The minimum Gasteiger partial charge on any atom is -0.397 e. The highest BCUT2D eigenvalue weighted by molar-refractivity contribution is 5.43. The lowest BCUT2D eigenvalue weighted by molar-refractivity contribution is 0.472. The molecule has 3 heteroatoms. The summed E-state index contributed by atoms with van der Waals surface area (Å²) >= 11 is 0. The molecule has 0 fully saturated rings. The van der Waals surface area contributed by atoms with Crippen molar-refractivity contribution in [3.63, 3.8) is 0 Å². The van der Waals surface area contributed by atoms with E-state index in [1.165, 1.54) is 25.7 Å². The molecule has 1 aromatic heterocycles. The van der Waals surface area contributed by atoms with Crippen LogP contribution in [0.3, 0.4) is 0 Å². The number of anilines is 2. The van der Waals surface area contributed by atoms with Crippen molar-refractivity contribution in [1.29, 1.82) is 0 Å². The van der Waals surface area contributed by atoms with Crippen molar-refractivity contribution in [1.82, 2.24) is 4.98 Å². The van der Waals surface area contributed by atoms with Gasteiger partial charge in [0.1, 0.15) is 5.82 Å². The topological polar surface area (TPSA) is 50.9 Å². The summed E-state index contributed by atoms with van der Waals surface area (Å²) in [4.78, 5) is 4.23. The Kier molecular flexibility index (Phi) is 5.68. The molecule has 1 rings (SSSR count). The van der Waals surface area contributed by atoms with Gasteiger partial charge in [-0.15, -0.1) is 0 Å². The van der Waals surface area contributed by atoms with Crippen LogP contribution in [0.1, 0.15) is 39.5 Å². The van der Waals surface area contributed by atoms with Gasteiger partial charge in [-0.3, -0.25) is 0 Å². The first-order valence-corrected chi connectivity index (χ1v) is 6.21. The van der Waals surface area contributed by atoms with Gasteiger partial charge in [0.15, 0.2) is 0 Å². The van der Waals surface area contributed by atoms with Gasteiger partial charge in [-0.05, 0) is 24.5 Å². The van der Waals surface area contributed by atoms with Crippen molar-refractivity contribution in [2.45, 2.75) is 39.5 Å². The molecule has 1 aromatic rings. The standard InChI is InChI=1S/C13H23N3/c1-3-5-6-11(4-2)9-15-13-8-7-12(14)10-16-13/h7-8,10-11H,3-6,9,14H2,1-2H3,(H,15,16). The number of nitrogens with one attached hydrogen (secondary N) is 1. The van der Waals surface area contributed by atoms with E-state index in [-0.39, 0.29) is 0 Å². The number of rotatable bonds is 7. The van der Waals surface area contributed by atoms with E-state index in [9.17, 15) is 0 Å². The zero-order valence-corrected chi connectivity index (χ0v) is 10.4. The second-order valence-corrected chi connectivity index (χ2v) is 4.27. The largest absolute Gasteiger partial charge is 0.397 e. The van der Waals surface area contributed by atoms with Crippen LogP contribution >= 0.6 is 0 Å². The van der Waals surface area contributed by atoms with Gasteiger partial charge in [-0.2, -0.15) is 0 Å². The average molecular weight is 221 g/mol. The molecule has 0 aliphatic heterocycles. The molecule has 0 aliphatic rings. The third-order valence-corrected chi connectivity index (χ3v) is 2.90. The molecule has 0 saturated carbocycles. The molecule has 0 aliphatic carbocycles. The fourth-order valence-corrected chi connectivity index (χ4v) is 1.70. The van der Waals surface area contributed by atoms with Crippen molar-refractivity contribution < 1.29 is 0 Å². The molecule has 16 heavy (non-hydrogen) atoms. The monoisotopic (exact) mass is 221 g/mol. The molecule has 0 aromatic carbocycles. The number of nitrogens with two attached hydrogens (primary N) is 1. The van der Waals surface area contributed by atoms with Crippen LogP contribution in [0.5, 0.6) is 0 Å². The average Bonchev–Trinajstić information content (AvgIpc) is 2.32. The van der Waals surface area contributed by atoms with Crippen molar-refractivity contribution in [3.05, 3.63) is 18.3 Å². The quantitative estimate of drug-likeness (QED) is 0.742. The molecular weight excluding hydrogens is 198 g/mol. The molecule has 0 bridgehead atoms. The number of hydrogen-bond donors (Lipinski definition) is 2. The highest BCUT2D eigenvalue weighted by Gasteiger charge is 2.05. The molecule has 1 heterocycles. The van der Waals surface area contributed by atoms with Gasteiger partial charge in [0, 0.05) is 6.54 Å². The molecule has 0 amide bonds. The fraction of sp³-hybridized carbons (Fsp3) is 0.615. The Morgan fingerprint density at radius 3 is 2.75 bits per heavy atom. The molecule has 0 spiro atoms. The maximum atomic E-state index is 5.58. The first-order chi connectivity index (χ1) is 7.76. The third-order valence-electron chi connectivity index (χ3n) is 2.90. The van der Waals surface area contributed by atoms with Gasteiger partial charge in [-0.1, -0.05) is 33.1 Å². The first kappa shape index (κ1) is 12.8. The summed E-state index contributed by atoms with van der Waals surface area (Å²) in [7, 11) is 0. The van der Waals surface area contributed by atoms with Crippen molar-refractivity contribution in [2.24, 2.45) is 5.92 Å². The van der Waals surface area contributed by atoms with E-state index in [0.29, 0.717) is 5.69 Å². The number of pyridine rings is 1. The van der Waals surface area contributed by atoms with Crippen molar-refractivity contribution >= 4 is 11.5 Å². The molecule has 0 radical (unpaired) electrons. The van der Waals surface area contributed by atoms with E-state index < -0.39 is 0 Å². The van der Waals surface area contributed by atoms with Gasteiger partial charge >= 0.3 is 0 Å². The predicted octanol–water partition coefficient (Wildman–Crippen LogP) is 3.29. The Labute approximate surface area is 98.5 Å². The van der Waals surface area contributed by atoms with Crippen LogP contribution in [0.4, 0.5) is 11.5 Å². The number of nitrogen functional groups attached to an aromatic ring is 1. The Hall–Kier alpha value is -1.25. The molecule has 3 nitrogen and oxygen atoms in total.